The molecule has 0 bridgehead atoms. The van der Waals surface area contributed by atoms with E-state index in [0.29, 0.717) is 0 Å². The smallest absolute Gasteiger partial charge is 0.870 e. The van der Waals surface area contributed by atoms with E-state index in [1.165, 1.54) is 0 Å². The van der Waals surface area contributed by atoms with Crippen LogP contribution in [0.15, 0.2) is 0 Å². The van der Waals surface area contributed by atoms with Gasteiger partial charge in [0.05, 0.1) is 0 Å². The Kier molecular flexibility index (Phi) is 54.8. The van der Waals surface area contributed by atoms with Crippen LogP contribution in [-0.4, -0.2) is 5.48 Å². The minimum absolute atomic E-state index is 0. The van der Waals surface area contributed by atoms with Gasteiger partial charge in [-0.1, -0.05) is 0 Å². The first-order chi connectivity index (χ1) is 1.73. The molecule has 0 aromatic heterocycles. The Hall–Kier alpha value is 1.06. The van der Waals surface area contributed by atoms with Gasteiger partial charge in [-0.05, 0) is 0 Å². The normalized spacial score (nSPS) is 5.14. The van der Waals surface area contributed by atoms with Gasteiger partial charge in [-0.3, -0.25) is 0 Å². The third-order valence-corrected chi connectivity index (χ3v) is 0. The van der Waals surface area contributed by atoms with Crippen LogP contribution in [0.2, 0.25) is 0 Å². The van der Waals surface area contributed by atoms with Gasteiger partial charge in [0, 0.05) is 21.7 Å². The maximum absolute atomic E-state index is 9.58. The molecule has 0 aliphatic rings. The summed E-state index contributed by atoms with van der Waals surface area (Å²) in [6.45, 7) is -3.08. The Balaban J connectivity index is -0.0000000150. The molecule has 0 atom stereocenters. The fourth-order valence-electron chi connectivity index (χ4n) is 0. The molecule has 1 N–H and O–H groups in total. The molecule has 0 aromatic carbocycles. The largest absolute Gasteiger partial charge is 1.00 e. The van der Waals surface area contributed by atoms with Gasteiger partial charge in [0.25, 0.3) is 0 Å². The molecule has 1 nitrogen and oxygen atoms in total. The van der Waals surface area contributed by atoms with Crippen molar-refractivity contribution in [1.29, 1.82) is 0 Å². The van der Waals surface area contributed by atoms with Gasteiger partial charge in [0.1, 0.15) is 0 Å². The maximum atomic E-state index is 9.58. The van der Waals surface area contributed by atoms with Crippen LogP contribution in [0.4, 0.5) is 13.2 Å². The second kappa shape index (κ2) is 15.7. The summed E-state index contributed by atoms with van der Waals surface area (Å²) in [7, 11) is 0. The summed E-state index contributed by atoms with van der Waals surface area (Å²) in [4.78, 5) is 0. The van der Waals surface area contributed by atoms with Gasteiger partial charge >= 0.3 is 18.9 Å². The van der Waals surface area contributed by atoms with Crippen LogP contribution in [0.1, 0.15) is 0 Å². The first-order valence-electron chi connectivity index (χ1n) is 0.567. The van der Waals surface area contributed by atoms with E-state index in [9.17, 15) is 13.2 Å². The fourth-order valence-corrected chi connectivity index (χ4v) is 0. The van der Waals surface area contributed by atoms with Crippen molar-refractivity contribution in [2.45, 2.75) is 0 Å². The molecule has 0 spiro atoms. The van der Waals surface area contributed by atoms with E-state index < -0.39 is 6.68 Å². The molecule has 0 aliphatic heterocycles. The summed E-state index contributed by atoms with van der Waals surface area (Å²) < 4.78 is 28.8. The van der Waals surface area contributed by atoms with E-state index in [2.05, 4.69) is 0 Å². The fraction of sp³-hybridized carbons (Fsp3) is 0. The standard InChI is InChI=1S/CF3.Li.H2O.Ti/c2-1(3)4;;;/h;;1H2;/q-1;+1;;/p-1. The minimum atomic E-state index is -3.08. The van der Waals surface area contributed by atoms with Crippen molar-refractivity contribution < 1.29 is 59.2 Å². The summed E-state index contributed by atoms with van der Waals surface area (Å²) in [5.74, 6) is 0. The Labute approximate surface area is 66.0 Å². The first kappa shape index (κ1) is 24.4. The molecule has 7 heavy (non-hydrogen) atoms. The predicted octanol–water partition coefficient (Wildman–Crippen LogP) is -1.83. The van der Waals surface area contributed by atoms with E-state index in [4.69, 9.17) is 0 Å². The molecule has 0 aliphatic carbocycles. The Morgan fingerprint density at radius 3 is 1.00 bits per heavy atom. The molecule has 38 valence electrons. The van der Waals surface area contributed by atoms with E-state index in [1.807, 2.05) is 0 Å². The molecule has 0 rings (SSSR count). The third kappa shape index (κ3) is 161. The van der Waals surface area contributed by atoms with E-state index in [0.717, 1.165) is 0 Å². The Morgan fingerprint density at radius 2 is 1.00 bits per heavy atom. The summed E-state index contributed by atoms with van der Waals surface area (Å²) in [5.41, 5.74) is 0. The van der Waals surface area contributed by atoms with Gasteiger partial charge < -0.3 is 18.6 Å². The topological polar surface area (TPSA) is 30.0 Å². The molecule has 0 heterocycles. The summed E-state index contributed by atoms with van der Waals surface area (Å²) in [5, 5.41) is 0. The van der Waals surface area contributed by atoms with Crippen molar-refractivity contribution >= 4 is 0 Å². The van der Waals surface area contributed by atoms with Crippen LogP contribution in [0.25, 0.3) is 0 Å². The maximum Gasteiger partial charge on any atom is 1.00 e. The molecule has 6 heteroatoms. The first-order valence-corrected chi connectivity index (χ1v) is 0.567. The van der Waals surface area contributed by atoms with Gasteiger partial charge in [-0.15, -0.1) is 0 Å². The summed E-state index contributed by atoms with van der Waals surface area (Å²) in [6, 6.07) is 0. The second-order valence-corrected chi connectivity index (χ2v) is 0.214. The summed E-state index contributed by atoms with van der Waals surface area (Å²) in [6.07, 6.45) is 0. The van der Waals surface area contributed by atoms with Crippen LogP contribution in [0.3, 0.4) is 0 Å². The molecule has 0 saturated carbocycles. The van der Waals surface area contributed by atoms with Crippen LogP contribution >= 0.6 is 0 Å². The molecule has 0 unspecified atom stereocenters. The van der Waals surface area contributed by atoms with Gasteiger partial charge in [-0.25, -0.2) is 0 Å². The molecular weight excluding hydrogens is 140 g/mol. The van der Waals surface area contributed by atoms with Crippen molar-refractivity contribution in [1.82, 2.24) is 0 Å². The molecule has 0 amide bonds. The third-order valence-electron chi connectivity index (χ3n) is 0. The van der Waals surface area contributed by atoms with Crippen molar-refractivity contribution in [2.75, 3.05) is 0 Å². The number of rotatable bonds is 0. The summed E-state index contributed by atoms with van der Waals surface area (Å²) >= 11 is 0. The average molecular weight is 141 g/mol. The predicted molar refractivity (Wildman–Crippen MR) is 8.50 cm³/mol. The van der Waals surface area contributed by atoms with Gasteiger partial charge in [0.2, 0.25) is 0 Å². The molecule has 0 aromatic rings. The van der Waals surface area contributed by atoms with Crippen molar-refractivity contribution in [3.8, 4) is 0 Å². The Bertz CT molecular complexity index is 19.7. The molecular formula is CHF3LiOTi-. The zero-order chi connectivity index (χ0) is 3.58. The van der Waals surface area contributed by atoms with E-state index in [-0.39, 0.29) is 46.1 Å². The van der Waals surface area contributed by atoms with Crippen molar-refractivity contribution in [3.63, 3.8) is 0 Å². The quantitative estimate of drug-likeness (QED) is 0.288. The zero-order valence-corrected chi connectivity index (χ0v) is 5.14. The molecule has 0 fully saturated rings. The van der Waals surface area contributed by atoms with Crippen LogP contribution in [0, 0.1) is 6.68 Å². The van der Waals surface area contributed by atoms with Crippen LogP contribution < -0.4 is 18.9 Å². The van der Waals surface area contributed by atoms with Crippen LogP contribution in [-0.2, 0) is 21.7 Å². The Morgan fingerprint density at radius 1 is 1.00 bits per heavy atom. The van der Waals surface area contributed by atoms with Gasteiger partial charge in [0.15, 0.2) is 6.68 Å². The van der Waals surface area contributed by atoms with Crippen LogP contribution in [0.5, 0.6) is 0 Å². The SMILES string of the molecule is F[C-](F)F.[Li+].[OH-].[Ti]. The number of hydrogen-bond acceptors (Lipinski definition) is 1. The van der Waals surface area contributed by atoms with Crippen molar-refractivity contribution in [2.24, 2.45) is 0 Å². The average Bonchev–Trinajstić information content (AvgIpc) is 0.811. The monoisotopic (exact) mass is 141 g/mol. The minimum Gasteiger partial charge on any atom is -0.870 e. The number of halogens is 3. The van der Waals surface area contributed by atoms with Gasteiger partial charge in [-0.2, -0.15) is 0 Å². The second-order valence-electron chi connectivity index (χ2n) is 0.214. The van der Waals surface area contributed by atoms with Crippen molar-refractivity contribution in [3.05, 3.63) is 6.68 Å². The van der Waals surface area contributed by atoms with E-state index >= 15 is 0 Å². The number of hydrogen-bond donors (Lipinski definition) is 0. The molecule has 0 saturated heterocycles. The van der Waals surface area contributed by atoms with E-state index in [1.54, 1.807) is 0 Å². The molecule has 0 radical (unpaired) electrons. The zero-order valence-electron chi connectivity index (χ0n) is 3.58.